The molecule has 306 valence electrons. The number of para-hydroxylation sites is 1. The number of oxime groups is 1. The average Bonchev–Trinajstić information content (AvgIpc) is 3.27. The Hall–Kier alpha value is -4.73. The molecule has 0 radical (unpaired) electrons. The standard InChI is InChI=1S/C47H56F4N2O4/c1-8-10-16-34(9-2)27-53-24-15-17-35(43(52-57-33(7)54)39-20-13-14-21-41(39)56-28-47(50,51)46(48)49)22-23-36-26-40(37-18-11-12-19-38(37)44(36)53)45(55)42-31(5)29(3)25-30(4)32(42)6/h11,13-14,17-18,20-21,25-26,34,46H,8-10,12,15-16,19,22-24,27-28H2,1-7H3/b35-17+,52-43+. The summed E-state index contributed by atoms with van der Waals surface area (Å²) in [7, 11) is 0. The molecule has 0 bridgehead atoms. The molecule has 0 saturated carbocycles. The Morgan fingerprint density at radius 2 is 1.67 bits per heavy atom. The highest BCUT2D eigenvalue weighted by atomic mass is 19.3. The van der Waals surface area contributed by atoms with Gasteiger partial charge in [0.05, 0.1) is 0 Å². The third-order valence-corrected chi connectivity index (χ3v) is 11.4. The highest BCUT2D eigenvalue weighted by molar-refractivity contribution is 6.15. The molecule has 57 heavy (non-hydrogen) atoms. The van der Waals surface area contributed by atoms with Gasteiger partial charge in [0.25, 0.3) is 0 Å². The summed E-state index contributed by atoms with van der Waals surface area (Å²) in [4.78, 5) is 34.7. The Balaban J connectivity index is 1.67. The summed E-state index contributed by atoms with van der Waals surface area (Å²) in [5.41, 5.74) is 10.8. The minimum atomic E-state index is -4.38. The number of hydrogen-bond donors (Lipinski definition) is 0. The van der Waals surface area contributed by atoms with Crippen molar-refractivity contribution in [3.63, 3.8) is 0 Å². The zero-order chi connectivity index (χ0) is 41.4. The van der Waals surface area contributed by atoms with E-state index in [1.54, 1.807) is 18.2 Å². The van der Waals surface area contributed by atoms with E-state index in [0.29, 0.717) is 42.9 Å². The number of allylic oxidation sites excluding steroid dienone is 2. The van der Waals surface area contributed by atoms with Crippen LogP contribution in [-0.4, -0.2) is 49.5 Å². The normalized spacial score (nSPS) is 16.2. The molecule has 0 fully saturated rings. The number of anilines is 1. The molecule has 0 saturated heterocycles. The van der Waals surface area contributed by atoms with Crippen molar-refractivity contribution in [2.45, 2.75) is 119 Å². The van der Waals surface area contributed by atoms with Crippen LogP contribution in [-0.2, 0) is 22.5 Å². The first kappa shape index (κ1) is 43.4. The highest BCUT2D eigenvalue weighted by Gasteiger charge is 2.42. The maximum Gasteiger partial charge on any atom is 0.340 e. The van der Waals surface area contributed by atoms with Crippen LogP contribution in [0.15, 0.2) is 59.3 Å². The van der Waals surface area contributed by atoms with E-state index >= 15 is 0 Å². The summed E-state index contributed by atoms with van der Waals surface area (Å²) in [6, 6.07) is 10.4. The number of halogens is 4. The first-order chi connectivity index (χ1) is 27.2. The van der Waals surface area contributed by atoms with Gasteiger partial charge in [-0.3, -0.25) is 4.79 Å². The van der Waals surface area contributed by atoms with Crippen molar-refractivity contribution in [3.05, 3.63) is 110 Å². The first-order valence-electron chi connectivity index (χ1n) is 20.2. The predicted molar refractivity (Wildman–Crippen MR) is 220 cm³/mol. The van der Waals surface area contributed by atoms with Gasteiger partial charge in [0.15, 0.2) is 12.4 Å². The van der Waals surface area contributed by atoms with E-state index in [-0.39, 0.29) is 22.8 Å². The molecule has 1 atom stereocenters. The number of aryl methyl sites for hydroxylation is 3. The van der Waals surface area contributed by atoms with E-state index in [2.05, 4.69) is 48.2 Å². The van der Waals surface area contributed by atoms with Crippen LogP contribution in [0.3, 0.4) is 0 Å². The Bertz CT molecular complexity index is 2020. The number of ether oxygens (including phenoxy) is 1. The average molecular weight is 789 g/mol. The van der Waals surface area contributed by atoms with E-state index < -0.39 is 24.9 Å². The van der Waals surface area contributed by atoms with Crippen LogP contribution in [0.1, 0.15) is 126 Å². The van der Waals surface area contributed by atoms with Gasteiger partial charge in [-0.15, -0.1) is 0 Å². The van der Waals surface area contributed by atoms with Crippen LogP contribution in [0.2, 0.25) is 0 Å². The molecule has 10 heteroatoms. The SMILES string of the molecule is CCCCC(CC)CN1CC/C=C(/C(=N\OC(C)=O)c2ccccc2OCC(F)(F)C(F)F)CCc2cc(C(=O)c3c(C)c(C)cc(C)c3C)c3c(c21)CCC=C3. The lowest BCUT2D eigenvalue weighted by molar-refractivity contribution is -0.148. The molecular formula is C47H56F4N2O4. The number of carbonyl (C=O) groups excluding carboxylic acids is 2. The van der Waals surface area contributed by atoms with E-state index in [0.717, 1.165) is 89.7 Å². The molecular weight excluding hydrogens is 733 g/mol. The molecule has 1 heterocycles. The second-order valence-corrected chi connectivity index (χ2v) is 15.5. The van der Waals surface area contributed by atoms with E-state index in [9.17, 15) is 27.2 Å². The highest BCUT2D eigenvalue weighted by Crippen LogP contribution is 2.40. The molecule has 3 aromatic carbocycles. The van der Waals surface area contributed by atoms with Gasteiger partial charge in [-0.05, 0) is 135 Å². The number of nitrogens with zero attached hydrogens (tertiary/aromatic N) is 2. The number of fused-ring (bicyclic) bond motifs is 3. The predicted octanol–water partition coefficient (Wildman–Crippen LogP) is 11.6. The largest absolute Gasteiger partial charge is 0.486 e. The Morgan fingerprint density at radius 3 is 2.33 bits per heavy atom. The van der Waals surface area contributed by atoms with Gasteiger partial charge >= 0.3 is 18.3 Å². The molecule has 1 aliphatic carbocycles. The molecule has 1 unspecified atom stereocenters. The molecule has 3 aromatic rings. The Morgan fingerprint density at radius 1 is 0.947 bits per heavy atom. The van der Waals surface area contributed by atoms with E-state index in [1.165, 1.54) is 18.6 Å². The van der Waals surface area contributed by atoms with Gasteiger partial charge < -0.3 is 14.5 Å². The van der Waals surface area contributed by atoms with Crippen molar-refractivity contribution < 1.29 is 36.7 Å². The zero-order valence-corrected chi connectivity index (χ0v) is 34.4. The molecule has 1 aliphatic heterocycles. The smallest absolute Gasteiger partial charge is 0.340 e. The number of rotatable bonds is 15. The van der Waals surface area contributed by atoms with Crippen LogP contribution < -0.4 is 9.64 Å². The van der Waals surface area contributed by atoms with Crippen molar-refractivity contribution in [1.82, 2.24) is 0 Å². The maximum atomic E-state index is 14.9. The minimum absolute atomic E-state index is 0.0113. The van der Waals surface area contributed by atoms with Crippen molar-refractivity contribution >= 4 is 29.2 Å². The number of carbonyl (C=O) groups is 2. The Labute approximate surface area is 335 Å². The topological polar surface area (TPSA) is 68.2 Å². The number of benzene rings is 3. The van der Waals surface area contributed by atoms with Crippen LogP contribution in [0.5, 0.6) is 5.75 Å². The van der Waals surface area contributed by atoms with Gasteiger partial charge in [-0.25, -0.2) is 13.6 Å². The summed E-state index contributed by atoms with van der Waals surface area (Å²) in [5, 5.41) is 4.23. The van der Waals surface area contributed by atoms with Crippen LogP contribution in [0.25, 0.3) is 6.08 Å². The summed E-state index contributed by atoms with van der Waals surface area (Å²) in [6.07, 6.45) is 9.84. The second kappa shape index (κ2) is 19.1. The first-order valence-corrected chi connectivity index (χ1v) is 20.2. The molecule has 2 aliphatic rings. The van der Waals surface area contributed by atoms with Crippen molar-refractivity contribution in [1.29, 1.82) is 0 Å². The fourth-order valence-electron chi connectivity index (χ4n) is 8.06. The van der Waals surface area contributed by atoms with Crippen LogP contribution in [0, 0.1) is 33.6 Å². The Kier molecular flexibility index (Phi) is 14.6. The minimum Gasteiger partial charge on any atom is -0.486 e. The van der Waals surface area contributed by atoms with Gasteiger partial charge in [-0.2, -0.15) is 8.78 Å². The lowest BCUT2D eigenvalue weighted by Crippen LogP contribution is -2.34. The van der Waals surface area contributed by atoms with Crippen LogP contribution in [0.4, 0.5) is 23.2 Å². The fourth-order valence-corrected chi connectivity index (χ4v) is 8.06. The lowest BCUT2D eigenvalue weighted by atomic mass is 9.82. The van der Waals surface area contributed by atoms with Gasteiger partial charge in [0.1, 0.15) is 11.5 Å². The van der Waals surface area contributed by atoms with Crippen molar-refractivity contribution in [2.24, 2.45) is 11.1 Å². The van der Waals surface area contributed by atoms with Crippen molar-refractivity contribution in [2.75, 3.05) is 24.6 Å². The van der Waals surface area contributed by atoms with Gasteiger partial charge in [0.2, 0.25) is 0 Å². The van der Waals surface area contributed by atoms with E-state index in [1.807, 2.05) is 33.8 Å². The number of ketones is 1. The second-order valence-electron chi connectivity index (χ2n) is 15.5. The van der Waals surface area contributed by atoms with Gasteiger partial charge in [0, 0.05) is 42.4 Å². The fraction of sp³-hybridized carbons (Fsp3) is 0.468. The lowest BCUT2D eigenvalue weighted by Gasteiger charge is -2.34. The summed E-state index contributed by atoms with van der Waals surface area (Å²) >= 11 is 0. The number of unbranched alkanes of at least 4 members (excludes halogenated alkanes) is 1. The summed E-state index contributed by atoms with van der Waals surface area (Å²) in [6.45, 7) is 13.7. The van der Waals surface area contributed by atoms with Gasteiger partial charge in [-0.1, -0.05) is 74.7 Å². The maximum absolute atomic E-state index is 14.9. The summed E-state index contributed by atoms with van der Waals surface area (Å²) in [5.74, 6) is -4.72. The third kappa shape index (κ3) is 10.1. The molecule has 0 aromatic heterocycles. The quantitative estimate of drug-likeness (QED) is 0.0504. The number of alkyl halides is 4. The third-order valence-electron chi connectivity index (χ3n) is 11.4. The molecule has 5 rings (SSSR count). The zero-order valence-electron chi connectivity index (χ0n) is 34.4. The van der Waals surface area contributed by atoms with E-state index in [4.69, 9.17) is 9.57 Å². The number of hydrogen-bond acceptors (Lipinski definition) is 6. The van der Waals surface area contributed by atoms with Crippen LogP contribution >= 0.6 is 0 Å². The molecule has 0 amide bonds. The summed E-state index contributed by atoms with van der Waals surface area (Å²) < 4.78 is 59.7. The van der Waals surface area contributed by atoms with Crippen molar-refractivity contribution in [3.8, 4) is 5.75 Å². The monoisotopic (exact) mass is 788 g/mol. The molecule has 0 N–H and O–H groups in total. The molecule has 6 nitrogen and oxygen atoms in total. The molecule has 0 spiro atoms.